The number of aliphatic carboxylic acids is 1. The zero-order chi connectivity index (χ0) is 9.68. The first-order valence-corrected chi connectivity index (χ1v) is 4.79. The molecule has 0 aliphatic rings. The van der Waals surface area contributed by atoms with E-state index in [4.69, 9.17) is 5.11 Å². The number of rotatable bonds is 5. The lowest BCUT2D eigenvalue weighted by Gasteiger charge is -1.93. The summed E-state index contributed by atoms with van der Waals surface area (Å²) in [6.07, 6.45) is 2.37. The van der Waals surface area contributed by atoms with Crippen LogP contribution in [-0.2, 0) is 11.2 Å². The molecule has 0 amide bonds. The second kappa shape index (κ2) is 4.77. The molecule has 0 fully saturated rings. The highest BCUT2D eigenvalue weighted by atomic mass is 32.1. The Labute approximate surface area is 80.0 Å². The second-order valence-electron chi connectivity index (χ2n) is 2.67. The van der Waals surface area contributed by atoms with E-state index in [2.05, 4.69) is 0 Å². The molecule has 0 atom stereocenters. The predicted molar refractivity (Wildman–Crippen MR) is 50.3 cm³/mol. The van der Waals surface area contributed by atoms with Crippen LogP contribution in [0, 0.1) is 0 Å². The summed E-state index contributed by atoms with van der Waals surface area (Å²) in [5.41, 5.74) is 0. The minimum atomic E-state index is -0.771. The van der Waals surface area contributed by atoms with E-state index in [0.717, 1.165) is 17.6 Å². The van der Waals surface area contributed by atoms with Gasteiger partial charge in [-0.15, -0.1) is 11.3 Å². The van der Waals surface area contributed by atoms with Gasteiger partial charge in [0.1, 0.15) is 0 Å². The summed E-state index contributed by atoms with van der Waals surface area (Å²) in [6, 6.07) is 3.63. The molecule has 1 heterocycles. The van der Waals surface area contributed by atoms with Gasteiger partial charge in [-0.3, -0.25) is 9.59 Å². The van der Waals surface area contributed by atoms with Crippen molar-refractivity contribution >= 4 is 23.6 Å². The lowest BCUT2D eigenvalue weighted by atomic mass is 10.2. The molecule has 4 heteroatoms. The van der Waals surface area contributed by atoms with Crippen LogP contribution in [0.1, 0.15) is 27.4 Å². The molecule has 3 nitrogen and oxygen atoms in total. The Balaban J connectivity index is 2.36. The average Bonchev–Trinajstić information content (AvgIpc) is 2.52. The standard InChI is InChI=1S/C9H10O3S/c10-6-8-5-4-7(13-8)2-1-3-9(11)12/h4-6H,1-3H2,(H,11,12). The van der Waals surface area contributed by atoms with Crippen molar-refractivity contribution in [2.24, 2.45) is 0 Å². The number of hydrogen-bond donors (Lipinski definition) is 1. The Morgan fingerprint density at radius 3 is 2.85 bits per heavy atom. The summed E-state index contributed by atoms with van der Waals surface area (Å²) >= 11 is 1.42. The summed E-state index contributed by atoms with van der Waals surface area (Å²) < 4.78 is 0. The lowest BCUT2D eigenvalue weighted by molar-refractivity contribution is -0.137. The van der Waals surface area contributed by atoms with Crippen LogP contribution in [0.2, 0.25) is 0 Å². The minimum absolute atomic E-state index is 0.189. The number of hydrogen-bond acceptors (Lipinski definition) is 3. The Morgan fingerprint density at radius 1 is 1.54 bits per heavy atom. The van der Waals surface area contributed by atoms with Gasteiger partial charge in [-0.2, -0.15) is 0 Å². The van der Waals surface area contributed by atoms with Crippen molar-refractivity contribution in [2.45, 2.75) is 19.3 Å². The summed E-state index contributed by atoms with van der Waals surface area (Å²) in [4.78, 5) is 22.3. The molecule has 1 rings (SSSR count). The Bertz CT molecular complexity index is 304. The van der Waals surface area contributed by atoms with Gasteiger partial charge < -0.3 is 5.11 Å². The zero-order valence-electron chi connectivity index (χ0n) is 7.03. The summed E-state index contributed by atoms with van der Waals surface area (Å²) in [7, 11) is 0. The molecular formula is C9H10O3S. The van der Waals surface area contributed by atoms with Gasteiger partial charge >= 0.3 is 5.97 Å². The van der Waals surface area contributed by atoms with Crippen molar-refractivity contribution in [3.8, 4) is 0 Å². The van der Waals surface area contributed by atoms with Gasteiger partial charge in [-0.25, -0.2) is 0 Å². The Kier molecular flexibility index (Phi) is 3.64. The fraction of sp³-hybridized carbons (Fsp3) is 0.333. The molecule has 0 saturated carbocycles. The van der Waals surface area contributed by atoms with Gasteiger partial charge in [0.2, 0.25) is 0 Å². The quantitative estimate of drug-likeness (QED) is 0.736. The topological polar surface area (TPSA) is 54.4 Å². The number of carboxylic acid groups (broad SMARTS) is 1. The maximum atomic E-state index is 10.3. The summed E-state index contributed by atoms with van der Waals surface area (Å²) in [6.45, 7) is 0. The summed E-state index contributed by atoms with van der Waals surface area (Å²) in [5, 5.41) is 8.39. The SMILES string of the molecule is O=Cc1ccc(CCCC(=O)O)s1. The number of aldehydes is 1. The molecule has 0 radical (unpaired) electrons. The molecule has 1 aromatic heterocycles. The number of carbonyl (C=O) groups excluding carboxylic acids is 1. The van der Waals surface area contributed by atoms with Gasteiger partial charge in [0.25, 0.3) is 0 Å². The summed E-state index contributed by atoms with van der Waals surface area (Å²) in [5.74, 6) is -0.771. The maximum Gasteiger partial charge on any atom is 0.303 e. The van der Waals surface area contributed by atoms with E-state index in [9.17, 15) is 9.59 Å². The molecule has 0 spiro atoms. The third kappa shape index (κ3) is 3.38. The van der Waals surface area contributed by atoms with E-state index in [0.29, 0.717) is 11.3 Å². The average molecular weight is 198 g/mol. The number of thiophene rings is 1. The van der Waals surface area contributed by atoms with E-state index in [1.165, 1.54) is 11.3 Å². The van der Waals surface area contributed by atoms with Gasteiger partial charge in [-0.1, -0.05) is 0 Å². The molecule has 0 saturated heterocycles. The minimum Gasteiger partial charge on any atom is -0.481 e. The fourth-order valence-electron chi connectivity index (χ4n) is 1.01. The maximum absolute atomic E-state index is 10.3. The fourth-order valence-corrected chi connectivity index (χ4v) is 1.88. The molecule has 0 aliphatic carbocycles. The van der Waals surface area contributed by atoms with Crippen LogP contribution in [0.5, 0.6) is 0 Å². The highest BCUT2D eigenvalue weighted by Crippen LogP contribution is 2.16. The normalized spacial score (nSPS) is 9.85. The molecule has 0 aliphatic heterocycles. The third-order valence-electron chi connectivity index (χ3n) is 1.61. The first-order chi connectivity index (χ1) is 6.22. The van der Waals surface area contributed by atoms with Gasteiger partial charge in [0, 0.05) is 11.3 Å². The van der Waals surface area contributed by atoms with E-state index in [1.54, 1.807) is 6.07 Å². The van der Waals surface area contributed by atoms with Gasteiger partial charge in [0.05, 0.1) is 4.88 Å². The van der Waals surface area contributed by atoms with Crippen LogP contribution in [-0.4, -0.2) is 17.4 Å². The monoisotopic (exact) mass is 198 g/mol. The van der Waals surface area contributed by atoms with Crippen LogP contribution < -0.4 is 0 Å². The largest absolute Gasteiger partial charge is 0.481 e. The van der Waals surface area contributed by atoms with E-state index >= 15 is 0 Å². The highest BCUT2D eigenvalue weighted by molar-refractivity contribution is 7.13. The molecule has 13 heavy (non-hydrogen) atoms. The van der Waals surface area contributed by atoms with Crippen LogP contribution in [0.3, 0.4) is 0 Å². The first-order valence-electron chi connectivity index (χ1n) is 3.98. The Hall–Kier alpha value is -1.16. The molecule has 1 N–H and O–H groups in total. The van der Waals surface area contributed by atoms with Crippen molar-refractivity contribution in [1.29, 1.82) is 0 Å². The molecular weight excluding hydrogens is 188 g/mol. The molecule has 70 valence electrons. The predicted octanol–water partition coefficient (Wildman–Crippen LogP) is 1.97. The van der Waals surface area contributed by atoms with E-state index < -0.39 is 5.97 Å². The van der Waals surface area contributed by atoms with Crippen molar-refractivity contribution in [3.05, 3.63) is 21.9 Å². The first kappa shape index (κ1) is 9.92. The second-order valence-corrected chi connectivity index (χ2v) is 3.87. The molecule has 0 unspecified atom stereocenters. The number of aryl methyl sites for hydroxylation is 1. The van der Waals surface area contributed by atoms with E-state index in [1.807, 2.05) is 6.07 Å². The van der Waals surface area contributed by atoms with Gasteiger partial charge in [0.15, 0.2) is 6.29 Å². The van der Waals surface area contributed by atoms with Crippen molar-refractivity contribution in [2.75, 3.05) is 0 Å². The third-order valence-corrected chi connectivity index (χ3v) is 2.68. The highest BCUT2D eigenvalue weighted by Gasteiger charge is 2.01. The lowest BCUT2D eigenvalue weighted by Crippen LogP contribution is -1.94. The van der Waals surface area contributed by atoms with Crippen molar-refractivity contribution < 1.29 is 14.7 Å². The van der Waals surface area contributed by atoms with Gasteiger partial charge in [-0.05, 0) is 25.0 Å². The van der Waals surface area contributed by atoms with Crippen LogP contribution in [0.25, 0.3) is 0 Å². The number of carboxylic acids is 1. The Morgan fingerprint density at radius 2 is 2.31 bits per heavy atom. The van der Waals surface area contributed by atoms with Crippen molar-refractivity contribution in [3.63, 3.8) is 0 Å². The van der Waals surface area contributed by atoms with Crippen LogP contribution in [0.4, 0.5) is 0 Å². The smallest absolute Gasteiger partial charge is 0.303 e. The number of carbonyl (C=O) groups is 2. The molecule has 0 bridgehead atoms. The van der Waals surface area contributed by atoms with E-state index in [-0.39, 0.29) is 6.42 Å². The molecule has 0 aromatic carbocycles. The zero-order valence-corrected chi connectivity index (χ0v) is 7.84. The van der Waals surface area contributed by atoms with Crippen LogP contribution >= 0.6 is 11.3 Å². The van der Waals surface area contributed by atoms with Crippen LogP contribution in [0.15, 0.2) is 12.1 Å². The van der Waals surface area contributed by atoms with Crippen molar-refractivity contribution in [1.82, 2.24) is 0 Å². The molecule has 1 aromatic rings.